The van der Waals surface area contributed by atoms with Crippen LogP contribution in [-0.2, 0) is 17.8 Å². The number of rotatable bonds is 3. The van der Waals surface area contributed by atoms with Crippen LogP contribution in [0.4, 0.5) is 0 Å². The number of likely N-dealkylation sites (N-methyl/N-ethyl adjacent to an activating group) is 1. The number of amides is 1. The first-order valence-electron chi connectivity index (χ1n) is 7.12. The highest BCUT2D eigenvalue weighted by Gasteiger charge is 2.23. The van der Waals surface area contributed by atoms with Crippen molar-refractivity contribution in [1.29, 1.82) is 0 Å². The molecule has 1 unspecified atom stereocenters. The fourth-order valence-corrected chi connectivity index (χ4v) is 3.54. The molecule has 0 spiro atoms. The summed E-state index contributed by atoms with van der Waals surface area (Å²) in [7, 11) is 1.85. The van der Waals surface area contributed by atoms with Gasteiger partial charge in [-0.15, -0.1) is 11.3 Å². The number of carbonyl (C=O) groups is 1. The van der Waals surface area contributed by atoms with Crippen molar-refractivity contribution < 1.29 is 9.53 Å². The van der Waals surface area contributed by atoms with Gasteiger partial charge in [-0.05, 0) is 35.1 Å². The maximum atomic E-state index is 12.4. The Morgan fingerprint density at radius 1 is 1.38 bits per heavy atom. The summed E-state index contributed by atoms with van der Waals surface area (Å²) in [5, 5.41) is 2.01. The zero-order valence-electron chi connectivity index (χ0n) is 12.3. The molecule has 0 fully saturated rings. The SMILES string of the molecule is Cc1csc(C(=O)N(C)CC2Cc3ccccc3CO2)c1. The predicted molar refractivity (Wildman–Crippen MR) is 84.7 cm³/mol. The summed E-state index contributed by atoms with van der Waals surface area (Å²) < 4.78 is 5.88. The highest BCUT2D eigenvalue weighted by atomic mass is 32.1. The van der Waals surface area contributed by atoms with Gasteiger partial charge in [0.15, 0.2) is 0 Å². The molecule has 1 aromatic carbocycles. The summed E-state index contributed by atoms with van der Waals surface area (Å²) in [6.07, 6.45) is 0.951. The maximum absolute atomic E-state index is 12.4. The van der Waals surface area contributed by atoms with E-state index < -0.39 is 0 Å². The third-order valence-electron chi connectivity index (χ3n) is 3.81. The largest absolute Gasteiger partial charge is 0.371 e. The van der Waals surface area contributed by atoms with Crippen LogP contribution < -0.4 is 0 Å². The molecule has 1 amide bonds. The standard InChI is InChI=1S/C17H19NO2S/c1-12-7-16(21-11-12)17(19)18(2)9-15-8-13-5-3-4-6-14(13)10-20-15/h3-7,11,15H,8-10H2,1-2H3. The minimum absolute atomic E-state index is 0.0786. The van der Waals surface area contributed by atoms with Crippen LogP contribution in [0.1, 0.15) is 26.4 Å². The van der Waals surface area contributed by atoms with Crippen molar-refractivity contribution in [2.24, 2.45) is 0 Å². The van der Waals surface area contributed by atoms with Crippen molar-refractivity contribution in [3.63, 3.8) is 0 Å². The van der Waals surface area contributed by atoms with Gasteiger partial charge in [-0.25, -0.2) is 0 Å². The highest BCUT2D eigenvalue weighted by Crippen LogP contribution is 2.22. The van der Waals surface area contributed by atoms with Gasteiger partial charge in [0.05, 0.1) is 17.6 Å². The second kappa shape index (κ2) is 6.00. The molecular weight excluding hydrogens is 282 g/mol. The van der Waals surface area contributed by atoms with E-state index in [0.29, 0.717) is 13.2 Å². The molecule has 3 rings (SSSR count). The average Bonchev–Trinajstić information content (AvgIpc) is 2.93. The molecule has 1 aliphatic heterocycles. The van der Waals surface area contributed by atoms with Gasteiger partial charge in [-0.2, -0.15) is 0 Å². The van der Waals surface area contributed by atoms with Gasteiger partial charge in [0.1, 0.15) is 0 Å². The molecule has 21 heavy (non-hydrogen) atoms. The molecule has 2 heterocycles. The lowest BCUT2D eigenvalue weighted by Gasteiger charge is -2.28. The van der Waals surface area contributed by atoms with Crippen molar-refractivity contribution in [2.75, 3.05) is 13.6 Å². The molecule has 1 aliphatic rings. The molecule has 1 aromatic heterocycles. The number of ether oxygens (including phenoxy) is 1. The normalized spacial score (nSPS) is 17.3. The summed E-state index contributed by atoms with van der Waals surface area (Å²) in [5.74, 6) is 0.0792. The van der Waals surface area contributed by atoms with E-state index in [0.717, 1.165) is 16.9 Å². The van der Waals surface area contributed by atoms with E-state index >= 15 is 0 Å². The Hall–Kier alpha value is -1.65. The molecule has 4 heteroatoms. The summed E-state index contributed by atoms with van der Waals surface area (Å²) in [5.41, 5.74) is 3.73. The molecule has 0 saturated heterocycles. The molecule has 0 radical (unpaired) electrons. The first-order chi connectivity index (χ1) is 10.1. The molecule has 1 atom stereocenters. The van der Waals surface area contributed by atoms with Gasteiger partial charge in [0, 0.05) is 20.0 Å². The van der Waals surface area contributed by atoms with Crippen molar-refractivity contribution in [2.45, 2.75) is 26.1 Å². The van der Waals surface area contributed by atoms with E-state index in [2.05, 4.69) is 18.2 Å². The summed E-state index contributed by atoms with van der Waals surface area (Å²) in [6, 6.07) is 10.3. The molecule has 110 valence electrons. The monoisotopic (exact) mass is 301 g/mol. The van der Waals surface area contributed by atoms with Crippen LogP contribution >= 0.6 is 11.3 Å². The van der Waals surface area contributed by atoms with E-state index in [1.54, 1.807) is 4.90 Å². The number of aryl methyl sites for hydroxylation is 1. The number of benzene rings is 1. The quantitative estimate of drug-likeness (QED) is 0.871. The fraction of sp³-hybridized carbons (Fsp3) is 0.353. The number of hydrogen-bond donors (Lipinski definition) is 0. The van der Waals surface area contributed by atoms with Gasteiger partial charge in [-0.3, -0.25) is 4.79 Å². The maximum Gasteiger partial charge on any atom is 0.263 e. The van der Waals surface area contributed by atoms with E-state index in [4.69, 9.17) is 4.74 Å². The lowest BCUT2D eigenvalue weighted by molar-refractivity contribution is 0.00995. The molecule has 0 saturated carbocycles. The number of fused-ring (bicyclic) bond motifs is 1. The van der Waals surface area contributed by atoms with Gasteiger partial charge in [0.2, 0.25) is 0 Å². The van der Waals surface area contributed by atoms with Crippen molar-refractivity contribution >= 4 is 17.2 Å². The highest BCUT2D eigenvalue weighted by molar-refractivity contribution is 7.12. The van der Waals surface area contributed by atoms with Crippen LogP contribution in [0.5, 0.6) is 0 Å². The third-order valence-corrected chi connectivity index (χ3v) is 4.84. The van der Waals surface area contributed by atoms with Crippen LogP contribution in [-0.4, -0.2) is 30.5 Å². The van der Waals surface area contributed by atoms with E-state index in [9.17, 15) is 4.79 Å². The number of hydrogen-bond acceptors (Lipinski definition) is 3. The minimum Gasteiger partial charge on any atom is -0.371 e. The number of nitrogens with zero attached hydrogens (tertiary/aromatic N) is 1. The molecule has 0 N–H and O–H groups in total. The van der Waals surface area contributed by atoms with Gasteiger partial charge in [-0.1, -0.05) is 24.3 Å². The molecule has 2 aromatic rings. The molecule has 3 nitrogen and oxygen atoms in total. The van der Waals surface area contributed by atoms with Crippen LogP contribution in [0.25, 0.3) is 0 Å². The van der Waals surface area contributed by atoms with Crippen LogP contribution in [0, 0.1) is 6.92 Å². The zero-order valence-corrected chi connectivity index (χ0v) is 13.2. The van der Waals surface area contributed by atoms with Gasteiger partial charge < -0.3 is 9.64 Å². The van der Waals surface area contributed by atoms with Crippen molar-refractivity contribution in [3.8, 4) is 0 Å². The molecule has 0 bridgehead atoms. The Bertz CT molecular complexity index is 650. The van der Waals surface area contributed by atoms with Crippen LogP contribution in [0.3, 0.4) is 0 Å². The fourth-order valence-electron chi connectivity index (χ4n) is 2.65. The van der Waals surface area contributed by atoms with E-state index in [1.807, 2.05) is 31.5 Å². The second-order valence-electron chi connectivity index (χ2n) is 5.58. The number of carbonyl (C=O) groups excluding carboxylic acids is 1. The topological polar surface area (TPSA) is 29.5 Å². The molecular formula is C17H19NO2S. The molecule has 0 aliphatic carbocycles. The van der Waals surface area contributed by atoms with E-state index in [1.165, 1.54) is 22.5 Å². The summed E-state index contributed by atoms with van der Waals surface area (Å²) >= 11 is 1.50. The third kappa shape index (κ3) is 3.17. The first-order valence-corrected chi connectivity index (χ1v) is 8.00. The van der Waals surface area contributed by atoms with Gasteiger partial charge >= 0.3 is 0 Å². The van der Waals surface area contributed by atoms with E-state index in [-0.39, 0.29) is 12.0 Å². The Kier molecular flexibility index (Phi) is 4.08. The Labute approximate surface area is 129 Å². The van der Waals surface area contributed by atoms with Crippen LogP contribution in [0.15, 0.2) is 35.7 Å². The second-order valence-corrected chi connectivity index (χ2v) is 6.49. The Morgan fingerprint density at radius 2 is 2.14 bits per heavy atom. The summed E-state index contributed by atoms with van der Waals surface area (Å²) in [6.45, 7) is 3.28. The Morgan fingerprint density at radius 3 is 2.86 bits per heavy atom. The lowest BCUT2D eigenvalue weighted by atomic mass is 9.99. The zero-order chi connectivity index (χ0) is 14.8. The number of thiophene rings is 1. The first kappa shape index (κ1) is 14.3. The summed E-state index contributed by atoms with van der Waals surface area (Å²) in [4.78, 5) is 14.9. The van der Waals surface area contributed by atoms with Gasteiger partial charge in [0.25, 0.3) is 5.91 Å². The lowest BCUT2D eigenvalue weighted by Crippen LogP contribution is -2.38. The smallest absolute Gasteiger partial charge is 0.263 e. The Balaban J connectivity index is 1.63. The predicted octanol–water partition coefficient (Wildman–Crippen LogP) is 3.27. The average molecular weight is 301 g/mol. The van der Waals surface area contributed by atoms with Crippen molar-refractivity contribution in [3.05, 3.63) is 57.3 Å². The van der Waals surface area contributed by atoms with Crippen LogP contribution in [0.2, 0.25) is 0 Å². The van der Waals surface area contributed by atoms with Crippen molar-refractivity contribution in [1.82, 2.24) is 4.90 Å². The minimum atomic E-state index is 0.0786.